The molecule has 0 nitrogen and oxygen atoms in total. The molecule has 2 rings (SSSR count). The zero-order valence-electron chi connectivity index (χ0n) is 19.3. The molecule has 29 heavy (non-hydrogen) atoms. The molecule has 0 fully saturated rings. The monoisotopic (exact) mass is 468 g/mol. The number of allylic oxidation sites excluding steroid dienone is 4. The predicted octanol–water partition coefficient (Wildman–Crippen LogP) is 9.23. The molecule has 1 heteroatoms. The minimum absolute atomic E-state index is 0. The van der Waals surface area contributed by atoms with Crippen molar-refractivity contribution in [2.45, 2.75) is 91.9 Å². The molecule has 0 aromatic heterocycles. The standard InChI is InChI=1S/C18H32.2C5H5.Zr/c1-5-9-12-16-18(15-11-7-3)17(13-8-4)14-10-6-2;2*1-2-4-5-3-1;/h5-13,15H2,1-4H3;2*1-5H;/q-2;2*-1;+4. The van der Waals surface area contributed by atoms with Crippen molar-refractivity contribution in [2.75, 3.05) is 0 Å². The van der Waals surface area contributed by atoms with Gasteiger partial charge in [0.25, 0.3) is 0 Å². The Balaban J connectivity index is 0. The summed E-state index contributed by atoms with van der Waals surface area (Å²) in [5.74, 6) is 0. The molecule has 0 spiro atoms. The van der Waals surface area contributed by atoms with Gasteiger partial charge in [0, 0.05) is 0 Å². The van der Waals surface area contributed by atoms with Crippen LogP contribution in [0.3, 0.4) is 0 Å². The third-order valence-electron chi connectivity index (χ3n) is 4.21. The van der Waals surface area contributed by atoms with Crippen LogP contribution in [0.1, 0.15) is 91.9 Å². The Bertz CT molecular complexity index is 482. The van der Waals surface area contributed by atoms with Gasteiger partial charge in [-0.2, -0.15) is 36.4 Å². The van der Waals surface area contributed by atoms with E-state index in [-0.39, 0.29) is 26.2 Å². The van der Waals surface area contributed by atoms with Crippen molar-refractivity contribution in [3.63, 3.8) is 0 Å². The van der Waals surface area contributed by atoms with Gasteiger partial charge in [-0.1, -0.05) is 66.2 Å². The quantitative estimate of drug-likeness (QED) is 0.175. The summed E-state index contributed by atoms with van der Waals surface area (Å²) >= 11 is 0. The van der Waals surface area contributed by atoms with E-state index in [0.29, 0.717) is 0 Å². The van der Waals surface area contributed by atoms with Gasteiger partial charge in [0.05, 0.1) is 0 Å². The van der Waals surface area contributed by atoms with Crippen LogP contribution in [0.5, 0.6) is 0 Å². The Morgan fingerprint density at radius 2 is 1.07 bits per heavy atom. The molecule has 2 aromatic carbocycles. The van der Waals surface area contributed by atoms with E-state index < -0.39 is 0 Å². The van der Waals surface area contributed by atoms with Gasteiger partial charge < -0.3 is 23.3 Å². The Morgan fingerprint density at radius 3 is 1.45 bits per heavy atom. The van der Waals surface area contributed by atoms with E-state index in [0.717, 1.165) is 12.8 Å². The van der Waals surface area contributed by atoms with Crippen LogP contribution in [0.4, 0.5) is 0 Å². The molecule has 0 radical (unpaired) electrons. The summed E-state index contributed by atoms with van der Waals surface area (Å²) in [6, 6.07) is 20.0. The van der Waals surface area contributed by atoms with Crippen molar-refractivity contribution in [3.8, 4) is 0 Å². The first-order chi connectivity index (χ1) is 13.8. The average Bonchev–Trinajstić information content (AvgIpc) is 3.47. The van der Waals surface area contributed by atoms with Crippen molar-refractivity contribution in [2.24, 2.45) is 0 Å². The van der Waals surface area contributed by atoms with E-state index in [1.54, 1.807) is 0 Å². The molecule has 0 amide bonds. The summed E-state index contributed by atoms with van der Waals surface area (Å²) in [6.45, 7) is 9.01. The first-order valence-corrected chi connectivity index (χ1v) is 11.3. The minimum Gasteiger partial charge on any atom is -0.373 e. The van der Waals surface area contributed by atoms with Crippen LogP contribution in [-0.2, 0) is 26.2 Å². The minimum atomic E-state index is 0. The number of hydrogen-bond acceptors (Lipinski definition) is 0. The van der Waals surface area contributed by atoms with E-state index in [2.05, 4.69) is 39.8 Å². The molecule has 2 aromatic rings. The van der Waals surface area contributed by atoms with Gasteiger partial charge >= 0.3 is 26.2 Å². The smallest absolute Gasteiger partial charge is 0.373 e. The second kappa shape index (κ2) is 25.1. The van der Waals surface area contributed by atoms with Crippen LogP contribution in [0.25, 0.3) is 0 Å². The van der Waals surface area contributed by atoms with Crippen molar-refractivity contribution < 1.29 is 26.2 Å². The Kier molecular flexibility index (Phi) is 26.2. The second-order valence-corrected chi connectivity index (χ2v) is 6.94. The van der Waals surface area contributed by atoms with Crippen LogP contribution in [0.2, 0.25) is 0 Å². The Morgan fingerprint density at radius 1 is 0.586 bits per heavy atom. The second-order valence-electron chi connectivity index (χ2n) is 6.94. The average molecular weight is 470 g/mol. The van der Waals surface area contributed by atoms with Crippen LogP contribution >= 0.6 is 0 Å². The molecule has 0 atom stereocenters. The molecule has 0 N–H and O–H groups in total. The molecule has 0 bridgehead atoms. The van der Waals surface area contributed by atoms with Crippen molar-refractivity contribution in [1.82, 2.24) is 0 Å². The van der Waals surface area contributed by atoms with E-state index in [9.17, 15) is 0 Å². The molecule has 158 valence electrons. The molecule has 0 aliphatic heterocycles. The van der Waals surface area contributed by atoms with Gasteiger partial charge in [-0.25, -0.2) is 24.3 Å². The Labute approximate surface area is 201 Å². The van der Waals surface area contributed by atoms with Crippen molar-refractivity contribution in [3.05, 3.63) is 84.0 Å². The summed E-state index contributed by atoms with van der Waals surface area (Å²) in [7, 11) is 0. The van der Waals surface area contributed by atoms with Gasteiger partial charge in [-0.15, -0.1) is 25.7 Å². The molecular formula is C28H42Zr. The van der Waals surface area contributed by atoms with Gasteiger partial charge in [0.2, 0.25) is 0 Å². The fourth-order valence-electron chi connectivity index (χ4n) is 2.63. The molecule has 0 saturated carbocycles. The van der Waals surface area contributed by atoms with Crippen LogP contribution in [0, 0.1) is 12.2 Å². The third kappa shape index (κ3) is 20.1. The summed E-state index contributed by atoms with van der Waals surface area (Å²) in [6.07, 6.45) is 19.4. The normalized spacial score (nSPS) is 10.9. The maximum Gasteiger partial charge on any atom is 4.00 e. The summed E-state index contributed by atoms with van der Waals surface area (Å²) < 4.78 is 0. The predicted molar refractivity (Wildman–Crippen MR) is 126 cm³/mol. The van der Waals surface area contributed by atoms with Crippen LogP contribution < -0.4 is 0 Å². The molecule has 0 heterocycles. The van der Waals surface area contributed by atoms with Gasteiger partial charge in [0.1, 0.15) is 0 Å². The fraction of sp³-hybridized carbons (Fsp3) is 0.500. The number of unbranched alkanes of at least 4 members (excludes halogenated alkanes) is 4. The fourth-order valence-corrected chi connectivity index (χ4v) is 2.63. The molecule has 0 aliphatic rings. The van der Waals surface area contributed by atoms with E-state index in [1.165, 1.54) is 62.5 Å². The molecule has 0 unspecified atom stereocenters. The molecule has 0 saturated heterocycles. The summed E-state index contributed by atoms with van der Waals surface area (Å²) in [5.41, 5.74) is 2.93. The van der Waals surface area contributed by atoms with Crippen LogP contribution in [0.15, 0.2) is 71.8 Å². The first kappa shape index (κ1) is 30.3. The van der Waals surface area contributed by atoms with E-state index in [4.69, 9.17) is 0 Å². The van der Waals surface area contributed by atoms with Gasteiger partial charge in [-0.05, 0) is 0 Å². The first-order valence-electron chi connectivity index (χ1n) is 11.3. The number of hydrogen-bond donors (Lipinski definition) is 0. The molecular weight excluding hydrogens is 428 g/mol. The van der Waals surface area contributed by atoms with Crippen molar-refractivity contribution in [1.29, 1.82) is 0 Å². The van der Waals surface area contributed by atoms with Crippen molar-refractivity contribution >= 4 is 0 Å². The summed E-state index contributed by atoms with van der Waals surface area (Å²) in [5, 5.41) is 0. The molecule has 0 aliphatic carbocycles. The third-order valence-corrected chi connectivity index (χ3v) is 4.21. The van der Waals surface area contributed by atoms with Crippen LogP contribution in [-0.4, -0.2) is 0 Å². The summed E-state index contributed by atoms with van der Waals surface area (Å²) in [4.78, 5) is 0. The topological polar surface area (TPSA) is 0 Å². The number of rotatable bonds is 11. The zero-order chi connectivity index (χ0) is 20.7. The van der Waals surface area contributed by atoms with Gasteiger partial charge in [-0.3, -0.25) is 0 Å². The van der Waals surface area contributed by atoms with Gasteiger partial charge in [0.15, 0.2) is 0 Å². The maximum atomic E-state index is 3.67. The Hall–Kier alpha value is -0.937. The maximum absolute atomic E-state index is 3.67. The zero-order valence-corrected chi connectivity index (χ0v) is 21.8. The van der Waals surface area contributed by atoms with E-state index >= 15 is 0 Å². The SMILES string of the molecule is CCC[C-]=C(CCC)C(=[C-]CCCC)CCCC.[Zr+4].c1cc[cH-]c1.c1cc[cH-]c1. The van der Waals surface area contributed by atoms with E-state index in [1.807, 2.05) is 60.7 Å². The largest absolute Gasteiger partial charge is 4.00 e.